The number of ether oxygens (including phenoxy) is 2. The Morgan fingerprint density at radius 2 is 2.00 bits per heavy atom. The van der Waals surface area contributed by atoms with Gasteiger partial charge in [0.25, 0.3) is 5.91 Å². The molecule has 116 valence electrons. The lowest BCUT2D eigenvalue weighted by Gasteiger charge is -2.21. The molecule has 0 aliphatic carbocycles. The molecule has 23 heavy (non-hydrogen) atoms. The SMILES string of the molecule is O=C(NCc1cccc2c1OCCO2)c1cccc2nsnc12. The third-order valence-electron chi connectivity index (χ3n) is 3.62. The van der Waals surface area contributed by atoms with Crippen LogP contribution in [0.5, 0.6) is 11.5 Å². The molecule has 0 bridgehead atoms. The van der Waals surface area contributed by atoms with E-state index >= 15 is 0 Å². The van der Waals surface area contributed by atoms with Gasteiger partial charge in [-0.3, -0.25) is 4.79 Å². The number of hydrogen-bond donors (Lipinski definition) is 1. The monoisotopic (exact) mass is 327 g/mol. The van der Waals surface area contributed by atoms with E-state index in [9.17, 15) is 4.79 Å². The predicted octanol–water partition coefficient (Wildman–Crippen LogP) is 2.39. The second-order valence-corrected chi connectivity index (χ2v) is 5.59. The molecule has 4 rings (SSSR count). The van der Waals surface area contributed by atoms with Crippen LogP contribution in [-0.4, -0.2) is 27.9 Å². The number of para-hydroxylation sites is 1. The van der Waals surface area contributed by atoms with Crippen LogP contribution in [-0.2, 0) is 6.54 Å². The number of carbonyl (C=O) groups excluding carboxylic acids is 1. The van der Waals surface area contributed by atoms with Gasteiger partial charge in [-0.15, -0.1) is 0 Å². The highest BCUT2D eigenvalue weighted by Gasteiger charge is 2.17. The molecule has 1 aliphatic rings. The van der Waals surface area contributed by atoms with E-state index in [0.29, 0.717) is 42.3 Å². The molecule has 6 nitrogen and oxygen atoms in total. The highest BCUT2D eigenvalue weighted by atomic mass is 32.1. The third-order valence-corrected chi connectivity index (χ3v) is 4.16. The number of amides is 1. The minimum absolute atomic E-state index is 0.183. The Hall–Kier alpha value is -2.67. The average Bonchev–Trinajstić information content (AvgIpc) is 3.08. The number of carbonyl (C=O) groups is 1. The Morgan fingerprint density at radius 3 is 2.96 bits per heavy atom. The zero-order chi connectivity index (χ0) is 15.6. The number of hydrogen-bond acceptors (Lipinski definition) is 6. The van der Waals surface area contributed by atoms with E-state index in [1.807, 2.05) is 24.3 Å². The zero-order valence-corrected chi connectivity index (χ0v) is 12.9. The first kappa shape index (κ1) is 14.0. The van der Waals surface area contributed by atoms with Gasteiger partial charge in [-0.25, -0.2) is 0 Å². The van der Waals surface area contributed by atoms with E-state index in [-0.39, 0.29) is 5.91 Å². The van der Waals surface area contributed by atoms with E-state index < -0.39 is 0 Å². The summed E-state index contributed by atoms with van der Waals surface area (Å²) in [5, 5.41) is 2.91. The number of aromatic nitrogens is 2. The van der Waals surface area contributed by atoms with Gasteiger partial charge < -0.3 is 14.8 Å². The summed E-state index contributed by atoms with van der Waals surface area (Å²) in [5.41, 5.74) is 2.78. The molecule has 0 spiro atoms. The molecule has 0 saturated heterocycles. The number of nitrogens with zero attached hydrogens (tertiary/aromatic N) is 2. The molecule has 0 unspecified atom stereocenters. The summed E-state index contributed by atoms with van der Waals surface area (Å²) in [6.45, 7) is 1.42. The lowest BCUT2D eigenvalue weighted by atomic mass is 10.1. The van der Waals surface area contributed by atoms with Crippen LogP contribution in [0.4, 0.5) is 0 Å². The fraction of sp³-hybridized carbons (Fsp3) is 0.188. The van der Waals surface area contributed by atoms with Crippen molar-refractivity contribution < 1.29 is 14.3 Å². The maximum Gasteiger partial charge on any atom is 0.253 e. The molecule has 1 aromatic heterocycles. The highest BCUT2D eigenvalue weighted by molar-refractivity contribution is 7.00. The van der Waals surface area contributed by atoms with Gasteiger partial charge in [-0.05, 0) is 18.2 Å². The lowest BCUT2D eigenvalue weighted by molar-refractivity contribution is 0.0951. The Kier molecular flexibility index (Phi) is 3.55. The summed E-state index contributed by atoms with van der Waals surface area (Å²) in [5.74, 6) is 1.24. The van der Waals surface area contributed by atoms with Crippen molar-refractivity contribution in [1.82, 2.24) is 14.1 Å². The van der Waals surface area contributed by atoms with Crippen molar-refractivity contribution in [1.29, 1.82) is 0 Å². The first-order chi connectivity index (χ1) is 11.3. The van der Waals surface area contributed by atoms with Crippen LogP contribution in [0.15, 0.2) is 36.4 Å². The number of rotatable bonds is 3. The minimum atomic E-state index is -0.183. The molecule has 2 heterocycles. The Bertz CT molecular complexity index is 878. The summed E-state index contributed by atoms with van der Waals surface area (Å²) in [7, 11) is 0. The van der Waals surface area contributed by atoms with Gasteiger partial charge in [0, 0.05) is 12.1 Å². The molecule has 0 atom stereocenters. The van der Waals surface area contributed by atoms with Crippen LogP contribution < -0.4 is 14.8 Å². The van der Waals surface area contributed by atoms with E-state index in [4.69, 9.17) is 9.47 Å². The van der Waals surface area contributed by atoms with E-state index in [0.717, 1.165) is 22.8 Å². The fourth-order valence-electron chi connectivity index (χ4n) is 2.53. The lowest BCUT2D eigenvalue weighted by Crippen LogP contribution is -2.24. The summed E-state index contributed by atoms with van der Waals surface area (Å²) in [6, 6.07) is 11.1. The van der Waals surface area contributed by atoms with Crippen molar-refractivity contribution in [3.63, 3.8) is 0 Å². The van der Waals surface area contributed by atoms with Crippen LogP contribution in [0.3, 0.4) is 0 Å². The van der Waals surface area contributed by atoms with E-state index in [1.54, 1.807) is 12.1 Å². The molecule has 0 fully saturated rings. The van der Waals surface area contributed by atoms with Crippen LogP contribution in [0.1, 0.15) is 15.9 Å². The summed E-state index contributed by atoms with van der Waals surface area (Å²) in [6.07, 6.45) is 0. The normalized spacial score (nSPS) is 13.0. The van der Waals surface area contributed by atoms with Crippen LogP contribution >= 0.6 is 11.7 Å². The first-order valence-corrected chi connectivity index (χ1v) is 7.93. The maximum atomic E-state index is 12.5. The standard InChI is InChI=1S/C16H13N3O3S/c20-16(11-4-2-5-12-14(11)19-23-18-12)17-9-10-3-1-6-13-15(10)22-8-7-21-13/h1-6H,7-9H2,(H,17,20). The Morgan fingerprint density at radius 1 is 1.13 bits per heavy atom. The summed E-state index contributed by atoms with van der Waals surface area (Å²) >= 11 is 1.10. The highest BCUT2D eigenvalue weighted by Crippen LogP contribution is 2.33. The largest absolute Gasteiger partial charge is 0.486 e. The van der Waals surface area contributed by atoms with Crippen molar-refractivity contribution in [2.75, 3.05) is 13.2 Å². The molecule has 7 heteroatoms. The third kappa shape index (κ3) is 2.59. The number of nitrogens with one attached hydrogen (secondary N) is 1. The van der Waals surface area contributed by atoms with Crippen LogP contribution in [0, 0.1) is 0 Å². The number of benzene rings is 2. The zero-order valence-electron chi connectivity index (χ0n) is 12.1. The van der Waals surface area contributed by atoms with Crippen LogP contribution in [0.25, 0.3) is 11.0 Å². The molecule has 1 N–H and O–H groups in total. The van der Waals surface area contributed by atoms with Crippen LogP contribution in [0.2, 0.25) is 0 Å². The van der Waals surface area contributed by atoms with Crippen molar-refractivity contribution in [2.45, 2.75) is 6.54 Å². The molecular weight excluding hydrogens is 314 g/mol. The van der Waals surface area contributed by atoms with E-state index in [1.165, 1.54) is 0 Å². The van der Waals surface area contributed by atoms with Crippen molar-refractivity contribution in [3.8, 4) is 11.5 Å². The average molecular weight is 327 g/mol. The molecule has 2 aromatic carbocycles. The predicted molar refractivity (Wildman–Crippen MR) is 86.0 cm³/mol. The Balaban J connectivity index is 1.55. The molecular formula is C16H13N3O3S. The fourth-order valence-corrected chi connectivity index (χ4v) is 3.08. The quantitative estimate of drug-likeness (QED) is 0.799. The second-order valence-electron chi connectivity index (χ2n) is 5.06. The summed E-state index contributed by atoms with van der Waals surface area (Å²) < 4.78 is 19.5. The van der Waals surface area contributed by atoms with Crippen molar-refractivity contribution in [2.24, 2.45) is 0 Å². The minimum Gasteiger partial charge on any atom is -0.486 e. The molecule has 0 radical (unpaired) electrons. The number of fused-ring (bicyclic) bond motifs is 2. The maximum absolute atomic E-state index is 12.5. The van der Waals surface area contributed by atoms with Gasteiger partial charge in [0.15, 0.2) is 11.5 Å². The van der Waals surface area contributed by atoms with Gasteiger partial charge in [-0.1, -0.05) is 18.2 Å². The molecule has 1 aliphatic heterocycles. The van der Waals surface area contributed by atoms with Crippen molar-refractivity contribution in [3.05, 3.63) is 47.5 Å². The Labute approximate surface area is 136 Å². The topological polar surface area (TPSA) is 73.3 Å². The van der Waals surface area contributed by atoms with Gasteiger partial charge in [-0.2, -0.15) is 8.75 Å². The van der Waals surface area contributed by atoms with Gasteiger partial charge >= 0.3 is 0 Å². The molecule has 1 amide bonds. The van der Waals surface area contributed by atoms with Gasteiger partial charge in [0.1, 0.15) is 24.2 Å². The van der Waals surface area contributed by atoms with Gasteiger partial charge in [0.05, 0.1) is 17.3 Å². The smallest absolute Gasteiger partial charge is 0.253 e. The van der Waals surface area contributed by atoms with Crippen molar-refractivity contribution >= 4 is 28.7 Å². The summed E-state index contributed by atoms with van der Waals surface area (Å²) in [4.78, 5) is 12.5. The first-order valence-electron chi connectivity index (χ1n) is 7.20. The molecule has 3 aromatic rings. The van der Waals surface area contributed by atoms with E-state index in [2.05, 4.69) is 14.1 Å². The molecule has 0 saturated carbocycles. The van der Waals surface area contributed by atoms with Gasteiger partial charge in [0.2, 0.25) is 0 Å². The second kappa shape index (κ2) is 5.85.